The lowest BCUT2D eigenvalue weighted by molar-refractivity contribution is -0.163. The fourth-order valence-corrected chi connectivity index (χ4v) is 4.90. The zero-order chi connectivity index (χ0) is 26.0. The summed E-state index contributed by atoms with van der Waals surface area (Å²) in [6.45, 7) is 2.06. The molecule has 2 aliphatic heterocycles. The molecule has 2 fully saturated rings. The maximum absolute atomic E-state index is 13.7. The molecule has 0 radical (unpaired) electrons. The lowest BCUT2D eigenvalue weighted by Crippen LogP contribution is -2.33. The molecule has 4 aliphatic rings. The second-order valence-corrected chi connectivity index (χ2v) is 10.1. The van der Waals surface area contributed by atoms with Gasteiger partial charge >= 0.3 is 15.6 Å². The van der Waals surface area contributed by atoms with E-state index < -0.39 is 38.8 Å². The van der Waals surface area contributed by atoms with Crippen molar-refractivity contribution in [2.24, 2.45) is 0 Å². The summed E-state index contributed by atoms with van der Waals surface area (Å²) < 4.78 is 111. The van der Waals surface area contributed by atoms with Crippen molar-refractivity contribution < 1.29 is 53.5 Å². The third-order valence-corrected chi connectivity index (χ3v) is 7.25. The summed E-state index contributed by atoms with van der Waals surface area (Å²) in [6.07, 6.45) is 5.55. The van der Waals surface area contributed by atoms with Crippen LogP contribution in [-0.4, -0.2) is 51.9 Å². The molecule has 0 atom stereocenters. The van der Waals surface area contributed by atoms with Gasteiger partial charge in [-0.2, -0.15) is 21.6 Å². The number of rotatable bonds is 3. The van der Waals surface area contributed by atoms with Gasteiger partial charge in [0.1, 0.15) is 5.76 Å². The number of halogens is 5. The van der Waals surface area contributed by atoms with Gasteiger partial charge in [0.15, 0.2) is 23.2 Å². The Morgan fingerprint density at radius 3 is 1.86 bits per heavy atom. The minimum atomic E-state index is -5.58. The summed E-state index contributed by atoms with van der Waals surface area (Å²) in [7, 11) is -5.58. The molecule has 0 saturated carbocycles. The second-order valence-electron chi connectivity index (χ2n) is 8.61. The van der Waals surface area contributed by atoms with Crippen molar-refractivity contribution in [3.05, 3.63) is 53.3 Å². The summed E-state index contributed by atoms with van der Waals surface area (Å²) in [5, 5.41) is 0. The van der Waals surface area contributed by atoms with Crippen LogP contribution in [0.2, 0.25) is 0 Å². The van der Waals surface area contributed by atoms with Crippen molar-refractivity contribution in [3.8, 4) is 0 Å². The molecule has 0 bridgehead atoms. The SMILES string of the molecule is Fc1cccc(C2=CCC3(CC2)OCCO3)c1F.O=S(=O)(OC1=CCC2(CC1)OCCO2)C(F)(F)F. The third-order valence-electron chi connectivity index (χ3n) is 6.25. The molecule has 200 valence electrons. The summed E-state index contributed by atoms with van der Waals surface area (Å²) in [4.78, 5) is 0. The lowest BCUT2D eigenvalue weighted by atomic mass is 9.89. The lowest BCUT2D eigenvalue weighted by Gasteiger charge is -2.30. The third kappa shape index (κ3) is 5.91. The van der Waals surface area contributed by atoms with Gasteiger partial charge in [0.2, 0.25) is 0 Å². The Bertz CT molecular complexity index is 1120. The first-order valence-electron chi connectivity index (χ1n) is 11.3. The highest BCUT2D eigenvalue weighted by Crippen LogP contribution is 2.39. The number of hydrogen-bond donors (Lipinski definition) is 0. The van der Waals surface area contributed by atoms with Crippen LogP contribution >= 0.6 is 0 Å². The molecule has 0 aromatic heterocycles. The molecule has 13 heteroatoms. The van der Waals surface area contributed by atoms with Crippen LogP contribution in [0.5, 0.6) is 0 Å². The number of allylic oxidation sites excluding steroid dienone is 2. The average molecular weight is 541 g/mol. The maximum Gasteiger partial charge on any atom is 0.534 e. The Morgan fingerprint density at radius 2 is 1.39 bits per heavy atom. The first kappa shape index (κ1) is 27.0. The van der Waals surface area contributed by atoms with Gasteiger partial charge in [0, 0.05) is 37.7 Å². The summed E-state index contributed by atoms with van der Waals surface area (Å²) in [5.74, 6) is -3.14. The van der Waals surface area contributed by atoms with Gasteiger partial charge in [-0.25, -0.2) is 8.78 Å². The van der Waals surface area contributed by atoms with Crippen molar-refractivity contribution in [1.29, 1.82) is 0 Å². The largest absolute Gasteiger partial charge is 0.534 e. The van der Waals surface area contributed by atoms with Crippen LogP contribution in [0.15, 0.2) is 36.1 Å². The standard InChI is InChI=1S/C14H14F2O2.C9H11F3O5S/c15-12-3-1-2-11(13(12)16)10-4-6-14(7-5-10)17-8-9-18-14;10-9(11,12)18(13,14)17-7-1-3-8(4-2-7)15-5-6-16-8/h1-4H,5-9H2;1H,2-6H2. The monoisotopic (exact) mass is 540 g/mol. The Morgan fingerprint density at radius 1 is 0.833 bits per heavy atom. The molecule has 2 saturated heterocycles. The van der Waals surface area contributed by atoms with Crippen molar-refractivity contribution in [1.82, 2.24) is 0 Å². The minimum absolute atomic E-state index is 0.0231. The van der Waals surface area contributed by atoms with E-state index in [0.717, 1.165) is 11.6 Å². The van der Waals surface area contributed by atoms with Crippen molar-refractivity contribution >= 4 is 15.7 Å². The molecule has 0 amide bonds. The molecule has 5 rings (SSSR count). The van der Waals surface area contributed by atoms with E-state index in [9.17, 15) is 30.4 Å². The molecular weight excluding hydrogens is 515 g/mol. The van der Waals surface area contributed by atoms with Gasteiger partial charge in [0.05, 0.1) is 26.4 Å². The Hall–Kier alpha value is -2.06. The van der Waals surface area contributed by atoms with E-state index in [4.69, 9.17) is 18.9 Å². The fourth-order valence-electron chi connectivity index (χ4n) is 4.37. The number of benzene rings is 1. The second kappa shape index (κ2) is 10.4. The quantitative estimate of drug-likeness (QED) is 0.305. The minimum Gasteiger partial charge on any atom is -0.381 e. The zero-order valence-corrected chi connectivity index (χ0v) is 19.9. The van der Waals surface area contributed by atoms with Crippen LogP contribution in [0.1, 0.15) is 44.1 Å². The van der Waals surface area contributed by atoms with Crippen molar-refractivity contribution in [2.45, 2.75) is 55.6 Å². The van der Waals surface area contributed by atoms with E-state index in [1.807, 2.05) is 6.08 Å². The highest BCUT2D eigenvalue weighted by atomic mass is 32.2. The fraction of sp³-hybridized carbons (Fsp3) is 0.565. The van der Waals surface area contributed by atoms with Crippen LogP contribution in [0.25, 0.3) is 5.57 Å². The number of ether oxygens (including phenoxy) is 4. The van der Waals surface area contributed by atoms with Crippen LogP contribution in [0.3, 0.4) is 0 Å². The molecule has 1 aromatic rings. The van der Waals surface area contributed by atoms with E-state index in [-0.39, 0.29) is 25.0 Å². The number of alkyl halides is 3. The van der Waals surface area contributed by atoms with Gasteiger partial charge in [-0.3, -0.25) is 0 Å². The van der Waals surface area contributed by atoms with Crippen molar-refractivity contribution in [2.75, 3.05) is 26.4 Å². The maximum atomic E-state index is 13.7. The predicted molar refractivity (Wildman–Crippen MR) is 115 cm³/mol. The van der Waals surface area contributed by atoms with Gasteiger partial charge in [0.25, 0.3) is 0 Å². The van der Waals surface area contributed by atoms with E-state index in [2.05, 4.69) is 4.18 Å². The summed E-state index contributed by atoms with van der Waals surface area (Å²) in [5.41, 5.74) is -4.23. The van der Waals surface area contributed by atoms with E-state index in [1.54, 1.807) is 6.07 Å². The summed E-state index contributed by atoms with van der Waals surface area (Å²) in [6, 6.07) is 4.27. The Balaban J connectivity index is 0.000000169. The molecular formula is C23H25F5O7S. The topological polar surface area (TPSA) is 80.3 Å². The smallest absolute Gasteiger partial charge is 0.381 e. The summed E-state index contributed by atoms with van der Waals surface area (Å²) >= 11 is 0. The van der Waals surface area contributed by atoms with Gasteiger partial charge < -0.3 is 23.1 Å². The van der Waals surface area contributed by atoms with Crippen LogP contribution in [-0.2, 0) is 33.2 Å². The van der Waals surface area contributed by atoms with E-state index in [1.165, 1.54) is 12.1 Å². The molecule has 36 heavy (non-hydrogen) atoms. The highest BCUT2D eigenvalue weighted by molar-refractivity contribution is 7.87. The average Bonchev–Trinajstić information content (AvgIpc) is 3.48. The van der Waals surface area contributed by atoms with Crippen molar-refractivity contribution in [3.63, 3.8) is 0 Å². The molecule has 7 nitrogen and oxygen atoms in total. The van der Waals surface area contributed by atoms with Gasteiger partial charge in [-0.05, 0) is 24.1 Å². The Labute approximate surface area is 204 Å². The van der Waals surface area contributed by atoms with Crippen LogP contribution < -0.4 is 0 Å². The van der Waals surface area contributed by atoms with E-state index in [0.29, 0.717) is 51.3 Å². The van der Waals surface area contributed by atoms with Gasteiger partial charge in [-0.15, -0.1) is 0 Å². The molecule has 1 aromatic carbocycles. The highest BCUT2D eigenvalue weighted by Gasteiger charge is 2.49. The van der Waals surface area contributed by atoms with E-state index >= 15 is 0 Å². The zero-order valence-electron chi connectivity index (χ0n) is 19.1. The molecule has 2 heterocycles. The number of hydrogen-bond acceptors (Lipinski definition) is 7. The molecule has 2 spiro atoms. The van der Waals surface area contributed by atoms with Crippen LogP contribution in [0.4, 0.5) is 22.0 Å². The molecule has 2 aliphatic carbocycles. The predicted octanol–water partition coefficient (Wildman–Crippen LogP) is 4.94. The first-order valence-corrected chi connectivity index (χ1v) is 12.7. The van der Waals surface area contributed by atoms with Crippen LogP contribution in [0, 0.1) is 11.6 Å². The normalized spacial score (nSPS) is 23.1. The van der Waals surface area contributed by atoms with Gasteiger partial charge in [-0.1, -0.05) is 18.2 Å². The first-order chi connectivity index (χ1) is 16.9. The Kier molecular flexibility index (Phi) is 7.77. The molecule has 0 unspecified atom stereocenters. The molecule has 0 N–H and O–H groups in total.